The second kappa shape index (κ2) is 6.00. The molecule has 4 heteroatoms. The van der Waals surface area contributed by atoms with Crippen LogP contribution in [0, 0.1) is 28.6 Å². The molecule has 1 saturated heterocycles. The average Bonchev–Trinajstić information content (AvgIpc) is 2.91. The summed E-state index contributed by atoms with van der Waals surface area (Å²) in [6.45, 7) is 0.723. The van der Waals surface area contributed by atoms with Gasteiger partial charge < -0.3 is 4.74 Å². The van der Waals surface area contributed by atoms with Gasteiger partial charge >= 0.3 is 0 Å². The molecule has 2 rings (SSSR count). The van der Waals surface area contributed by atoms with Crippen LogP contribution in [-0.4, -0.2) is 12.7 Å². The smallest absolute Gasteiger partial charge is 0.142 e. The van der Waals surface area contributed by atoms with Crippen molar-refractivity contribution in [3.8, 4) is 12.1 Å². The van der Waals surface area contributed by atoms with E-state index in [9.17, 15) is 0 Å². The van der Waals surface area contributed by atoms with Crippen LogP contribution in [0.25, 0.3) is 0 Å². The van der Waals surface area contributed by atoms with Crippen molar-refractivity contribution >= 4 is 15.9 Å². The Kier molecular flexibility index (Phi) is 4.36. The number of ether oxygens (including phenoxy) is 1. The highest BCUT2D eigenvalue weighted by Crippen LogP contribution is 2.35. The van der Waals surface area contributed by atoms with Crippen molar-refractivity contribution in [3.05, 3.63) is 34.3 Å². The third kappa shape index (κ3) is 2.72. The number of nitrogens with zero attached hydrogens (tertiary/aromatic N) is 2. The molecule has 2 atom stereocenters. The molecular formula is C14H13BrN2O. The Morgan fingerprint density at radius 2 is 1.89 bits per heavy atom. The van der Waals surface area contributed by atoms with Gasteiger partial charge in [-0.3, -0.25) is 0 Å². The lowest BCUT2D eigenvalue weighted by Crippen LogP contribution is -2.24. The van der Waals surface area contributed by atoms with E-state index in [-0.39, 0.29) is 12.0 Å². The van der Waals surface area contributed by atoms with Gasteiger partial charge in [0.2, 0.25) is 0 Å². The molecule has 0 saturated carbocycles. The highest BCUT2D eigenvalue weighted by atomic mass is 79.9. The predicted molar refractivity (Wildman–Crippen MR) is 70.6 cm³/mol. The zero-order valence-corrected chi connectivity index (χ0v) is 11.4. The highest BCUT2D eigenvalue weighted by molar-refractivity contribution is 9.10. The normalized spacial score (nSPS) is 20.3. The summed E-state index contributed by atoms with van der Waals surface area (Å²) in [5.41, 5.74) is 0.998. The Labute approximate surface area is 115 Å². The van der Waals surface area contributed by atoms with Crippen LogP contribution in [-0.2, 0) is 4.74 Å². The molecule has 0 bridgehead atoms. The molecule has 18 heavy (non-hydrogen) atoms. The van der Waals surface area contributed by atoms with Gasteiger partial charge in [-0.25, -0.2) is 0 Å². The Morgan fingerprint density at radius 1 is 1.22 bits per heavy atom. The van der Waals surface area contributed by atoms with Crippen LogP contribution in [0.3, 0.4) is 0 Å². The molecule has 2 unspecified atom stereocenters. The van der Waals surface area contributed by atoms with Crippen molar-refractivity contribution in [1.82, 2.24) is 0 Å². The molecule has 1 aliphatic rings. The van der Waals surface area contributed by atoms with E-state index in [1.165, 1.54) is 0 Å². The summed E-state index contributed by atoms with van der Waals surface area (Å²) < 4.78 is 6.66. The average molecular weight is 305 g/mol. The molecule has 3 nitrogen and oxygen atoms in total. The summed E-state index contributed by atoms with van der Waals surface area (Å²) in [7, 11) is 0. The zero-order valence-electron chi connectivity index (χ0n) is 9.84. The van der Waals surface area contributed by atoms with Gasteiger partial charge in [0.1, 0.15) is 5.92 Å². The van der Waals surface area contributed by atoms with Crippen LogP contribution < -0.4 is 0 Å². The third-order valence-corrected chi connectivity index (χ3v) is 3.79. The van der Waals surface area contributed by atoms with Crippen LogP contribution in [0.4, 0.5) is 0 Å². The monoisotopic (exact) mass is 304 g/mol. The first-order valence-electron chi connectivity index (χ1n) is 5.92. The minimum Gasteiger partial charge on any atom is -0.377 e. The number of hydrogen-bond acceptors (Lipinski definition) is 3. The van der Waals surface area contributed by atoms with Crippen LogP contribution in [0.15, 0.2) is 28.7 Å². The second-order valence-electron chi connectivity index (χ2n) is 4.36. The molecular weight excluding hydrogens is 292 g/mol. The molecule has 0 amide bonds. The van der Waals surface area contributed by atoms with Crippen molar-refractivity contribution in [2.75, 3.05) is 6.61 Å². The lowest BCUT2D eigenvalue weighted by Gasteiger charge is -2.24. The summed E-state index contributed by atoms with van der Waals surface area (Å²) in [6, 6.07) is 12.0. The summed E-state index contributed by atoms with van der Waals surface area (Å²) in [4.78, 5) is 0. The van der Waals surface area contributed by atoms with Crippen molar-refractivity contribution < 1.29 is 4.74 Å². The summed E-state index contributed by atoms with van der Waals surface area (Å²) in [6.07, 6.45) is 1.90. The second-order valence-corrected chi connectivity index (χ2v) is 5.28. The van der Waals surface area contributed by atoms with E-state index in [1.807, 2.05) is 24.3 Å². The summed E-state index contributed by atoms with van der Waals surface area (Å²) in [5, 5.41) is 18.3. The van der Waals surface area contributed by atoms with Gasteiger partial charge in [-0.15, -0.1) is 0 Å². The fourth-order valence-corrected chi connectivity index (χ4v) is 2.65. The molecule has 0 aliphatic carbocycles. The van der Waals surface area contributed by atoms with Crippen LogP contribution in [0.1, 0.15) is 24.3 Å². The number of benzene rings is 1. The molecule has 0 N–H and O–H groups in total. The Hall–Kier alpha value is -1.36. The zero-order chi connectivity index (χ0) is 13.0. The minimum atomic E-state index is -0.658. The van der Waals surface area contributed by atoms with Crippen LogP contribution in [0.5, 0.6) is 0 Å². The Morgan fingerprint density at radius 3 is 2.39 bits per heavy atom. The fourth-order valence-electron chi connectivity index (χ4n) is 2.38. The molecule has 92 valence electrons. The first kappa shape index (κ1) is 13.1. The van der Waals surface area contributed by atoms with E-state index in [0.717, 1.165) is 29.5 Å². The van der Waals surface area contributed by atoms with Gasteiger partial charge in [-0.05, 0) is 30.5 Å². The van der Waals surface area contributed by atoms with Crippen LogP contribution in [0.2, 0.25) is 0 Å². The first-order chi connectivity index (χ1) is 8.76. The Bertz CT molecular complexity index is 466. The largest absolute Gasteiger partial charge is 0.377 e. The van der Waals surface area contributed by atoms with Gasteiger partial charge in [0, 0.05) is 17.0 Å². The molecule has 0 aromatic heterocycles. The van der Waals surface area contributed by atoms with E-state index >= 15 is 0 Å². The van der Waals surface area contributed by atoms with Gasteiger partial charge in [0.05, 0.1) is 18.2 Å². The van der Waals surface area contributed by atoms with Gasteiger partial charge in [-0.2, -0.15) is 10.5 Å². The Balaban J connectivity index is 2.32. The molecule has 1 aromatic rings. The summed E-state index contributed by atoms with van der Waals surface area (Å²) >= 11 is 3.39. The number of nitriles is 2. The van der Waals surface area contributed by atoms with E-state index < -0.39 is 5.92 Å². The fraction of sp³-hybridized carbons (Fsp3) is 0.429. The van der Waals surface area contributed by atoms with Gasteiger partial charge in [-0.1, -0.05) is 28.1 Å². The molecule has 0 radical (unpaired) electrons. The van der Waals surface area contributed by atoms with Crippen molar-refractivity contribution in [3.63, 3.8) is 0 Å². The van der Waals surface area contributed by atoms with Crippen LogP contribution >= 0.6 is 15.9 Å². The SMILES string of the molecule is N#CC(C#N)C(c1ccc(Br)cc1)C1CCCO1. The number of hydrogen-bond donors (Lipinski definition) is 0. The lowest BCUT2D eigenvalue weighted by molar-refractivity contribution is 0.0828. The molecule has 1 aromatic carbocycles. The van der Waals surface area contributed by atoms with E-state index in [4.69, 9.17) is 15.3 Å². The quantitative estimate of drug-likeness (QED) is 0.860. The van der Waals surface area contributed by atoms with Gasteiger partial charge in [0.15, 0.2) is 0 Å². The summed E-state index contributed by atoms with van der Waals surface area (Å²) in [5.74, 6) is -0.815. The lowest BCUT2D eigenvalue weighted by atomic mass is 9.82. The molecule has 0 spiro atoms. The molecule has 1 aliphatic heterocycles. The first-order valence-corrected chi connectivity index (χ1v) is 6.72. The van der Waals surface area contributed by atoms with E-state index in [1.54, 1.807) is 0 Å². The number of rotatable bonds is 3. The third-order valence-electron chi connectivity index (χ3n) is 3.26. The predicted octanol–water partition coefficient (Wildman–Crippen LogP) is 3.38. The van der Waals surface area contributed by atoms with Gasteiger partial charge in [0.25, 0.3) is 0 Å². The van der Waals surface area contributed by atoms with Crippen molar-refractivity contribution in [1.29, 1.82) is 10.5 Å². The van der Waals surface area contributed by atoms with Crippen molar-refractivity contribution in [2.24, 2.45) is 5.92 Å². The maximum atomic E-state index is 9.14. The van der Waals surface area contributed by atoms with Crippen molar-refractivity contribution in [2.45, 2.75) is 24.9 Å². The standard InChI is InChI=1S/C14H13BrN2O/c15-12-5-3-10(4-6-12)14(11(8-16)9-17)13-2-1-7-18-13/h3-6,11,13-14H,1-2,7H2. The minimum absolute atomic E-state index is 0.0181. The molecule has 1 fully saturated rings. The highest BCUT2D eigenvalue weighted by Gasteiger charge is 2.34. The number of halogens is 1. The maximum absolute atomic E-state index is 9.14. The van der Waals surface area contributed by atoms with E-state index in [2.05, 4.69) is 28.1 Å². The van der Waals surface area contributed by atoms with E-state index in [0.29, 0.717) is 0 Å². The maximum Gasteiger partial charge on any atom is 0.142 e. The molecule has 1 heterocycles. The topological polar surface area (TPSA) is 56.8 Å².